The molecule has 0 heterocycles. The molecule has 0 aromatic carbocycles. The van der Waals surface area contributed by atoms with Gasteiger partial charge in [-0.05, 0) is 19.3 Å². The molecule has 0 bridgehead atoms. The summed E-state index contributed by atoms with van der Waals surface area (Å²) in [7, 11) is 0. The Morgan fingerprint density at radius 1 is 0.413 bits per heavy atom. The zero-order valence-corrected chi connectivity index (χ0v) is 42.6. The van der Waals surface area contributed by atoms with Crippen LogP contribution in [0.2, 0.25) is 0 Å². The molecule has 1 amide bonds. The molecular weight excluding hydrogens is 807 g/mol. The van der Waals surface area contributed by atoms with Crippen LogP contribution in [0.3, 0.4) is 0 Å². The van der Waals surface area contributed by atoms with Crippen molar-refractivity contribution >= 4 is 35.6 Å². The monoisotopic (exact) mass is 910 g/mol. The number of esters is 2. The highest BCUT2D eigenvalue weighted by atomic mass is 32.2. The number of carbonyl (C=O) groups is 4. The number of unbranched alkanes of at least 4 members (excludes halogenated alkanes) is 36. The van der Waals surface area contributed by atoms with Crippen LogP contribution in [0.25, 0.3) is 0 Å². The van der Waals surface area contributed by atoms with Gasteiger partial charge in [-0.2, -0.15) is 11.8 Å². The molecule has 0 aromatic rings. The third-order valence-corrected chi connectivity index (χ3v) is 13.6. The Kier molecular flexibility index (Phi) is 48.3. The summed E-state index contributed by atoms with van der Waals surface area (Å²) < 4.78 is 11.4. The first-order valence-corrected chi connectivity index (χ1v) is 28.4. The van der Waals surface area contributed by atoms with Crippen molar-refractivity contribution in [1.29, 1.82) is 0 Å². The fourth-order valence-corrected chi connectivity index (χ4v) is 9.28. The molecule has 0 fully saturated rings. The van der Waals surface area contributed by atoms with Crippen molar-refractivity contribution in [3.63, 3.8) is 0 Å². The minimum Gasteiger partial charge on any atom is -0.480 e. The van der Waals surface area contributed by atoms with Gasteiger partial charge in [0.15, 0.2) is 0 Å². The van der Waals surface area contributed by atoms with E-state index in [0.717, 1.165) is 57.8 Å². The first-order chi connectivity index (χ1) is 30.8. The van der Waals surface area contributed by atoms with Crippen molar-refractivity contribution in [1.82, 2.24) is 5.32 Å². The lowest BCUT2D eigenvalue weighted by Crippen LogP contribution is -2.42. The van der Waals surface area contributed by atoms with Gasteiger partial charge in [0.25, 0.3) is 0 Å². The van der Waals surface area contributed by atoms with Crippen LogP contribution in [-0.4, -0.2) is 59.2 Å². The molecule has 0 rings (SSSR count). The largest absolute Gasteiger partial charge is 0.480 e. The fourth-order valence-electron chi connectivity index (χ4n) is 8.26. The van der Waals surface area contributed by atoms with Crippen LogP contribution in [0, 0.1) is 0 Å². The molecule has 0 saturated heterocycles. The third-order valence-electron chi connectivity index (χ3n) is 12.4. The van der Waals surface area contributed by atoms with Crippen LogP contribution in [0.1, 0.15) is 290 Å². The number of nitrogens with one attached hydrogen (secondary N) is 1. The number of aliphatic carboxylic acids is 1. The van der Waals surface area contributed by atoms with Gasteiger partial charge in [-0.3, -0.25) is 14.4 Å². The van der Waals surface area contributed by atoms with E-state index >= 15 is 0 Å². The van der Waals surface area contributed by atoms with Crippen LogP contribution >= 0.6 is 11.8 Å². The third kappa shape index (κ3) is 46.6. The number of hydrogen-bond donors (Lipinski definition) is 2. The molecule has 0 aliphatic heterocycles. The van der Waals surface area contributed by atoms with Gasteiger partial charge < -0.3 is 19.9 Å². The van der Waals surface area contributed by atoms with E-state index in [4.69, 9.17) is 9.47 Å². The minimum atomic E-state index is -1.08. The van der Waals surface area contributed by atoms with E-state index in [9.17, 15) is 24.3 Å². The first-order valence-electron chi connectivity index (χ1n) is 27.3. The lowest BCUT2D eigenvalue weighted by atomic mass is 10.0. The molecule has 0 unspecified atom stereocenters. The maximum atomic E-state index is 12.9. The van der Waals surface area contributed by atoms with Gasteiger partial charge in [-0.25, -0.2) is 4.79 Å². The van der Waals surface area contributed by atoms with E-state index in [2.05, 4.69) is 26.1 Å². The van der Waals surface area contributed by atoms with Gasteiger partial charge in [-0.15, -0.1) is 0 Å². The summed E-state index contributed by atoms with van der Waals surface area (Å²) in [6.07, 6.45) is 48.4. The molecule has 2 N–H and O–H groups in total. The van der Waals surface area contributed by atoms with Crippen LogP contribution in [0.4, 0.5) is 0 Å². The molecule has 0 saturated carbocycles. The predicted octanol–water partition coefficient (Wildman–Crippen LogP) is 16.2. The van der Waals surface area contributed by atoms with Crippen molar-refractivity contribution in [3.05, 3.63) is 0 Å². The highest BCUT2D eigenvalue weighted by Gasteiger charge is 2.23. The van der Waals surface area contributed by atoms with Crippen LogP contribution in [-0.2, 0) is 28.7 Å². The van der Waals surface area contributed by atoms with Crippen molar-refractivity contribution in [2.24, 2.45) is 0 Å². The van der Waals surface area contributed by atoms with Crippen molar-refractivity contribution in [3.8, 4) is 0 Å². The van der Waals surface area contributed by atoms with E-state index < -0.39 is 18.1 Å². The summed E-state index contributed by atoms with van der Waals surface area (Å²) in [5.74, 6) is -1.49. The number of amides is 1. The summed E-state index contributed by atoms with van der Waals surface area (Å²) in [6.45, 7) is 6.72. The minimum absolute atomic E-state index is 0.0439. The van der Waals surface area contributed by atoms with Gasteiger partial charge in [-0.1, -0.05) is 252 Å². The van der Waals surface area contributed by atoms with Gasteiger partial charge in [0.1, 0.15) is 18.8 Å². The Bertz CT molecular complexity index is 1030. The molecular formula is C54H103NO7S. The van der Waals surface area contributed by atoms with E-state index in [1.54, 1.807) is 0 Å². The highest BCUT2D eigenvalue weighted by Crippen LogP contribution is 2.18. The lowest BCUT2D eigenvalue weighted by molar-refractivity contribution is -0.157. The van der Waals surface area contributed by atoms with E-state index in [1.165, 1.54) is 204 Å². The van der Waals surface area contributed by atoms with Gasteiger partial charge >= 0.3 is 17.9 Å². The van der Waals surface area contributed by atoms with E-state index in [-0.39, 0.29) is 36.0 Å². The molecule has 0 spiro atoms. The molecule has 372 valence electrons. The topological polar surface area (TPSA) is 119 Å². The van der Waals surface area contributed by atoms with E-state index in [1.807, 2.05) is 0 Å². The number of carboxylic acid groups (broad SMARTS) is 1. The van der Waals surface area contributed by atoms with Gasteiger partial charge in [0.05, 0.1) is 0 Å². The van der Waals surface area contributed by atoms with Crippen molar-refractivity contribution in [2.75, 3.05) is 18.1 Å². The average molecular weight is 910 g/mol. The maximum Gasteiger partial charge on any atom is 0.327 e. The molecule has 0 aliphatic carbocycles. The van der Waals surface area contributed by atoms with Crippen molar-refractivity contribution < 1.29 is 33.8 Å². The Morgan fingerprint density at radius 3 is 1.05 bits per heavy atom. The second-order valence-corrected chi connectivity index (χ2v) is 19.8. The SMILES string of the molecule is CCCCCCCCCCCCCCCC(=O)N[C@@H](CSC[C@H](COC(=O)CCCCCCCCCCCCCCC)OC(=O)CCCCCCCCCCCCCCC)C(=O)O. The number of hydrogen-bond acceptors (Lipinski definition) is 7. The number of ether oxygens (including phenoxy) is 2. The summed E-state index contributed by atoms with van der Waals surface area (Å²) in [5.41, 5.74) is 0. The maximum absolute atomic E-state index is 12.9. The molecule has 2 atom stereocenters. The van der Waals surface area contributed by atoms with E-state index in [0.29, 0.717) is 19.3 Å². The number of carboxylic acids is 1. The van der Waals surface area contributed by atoms with Crippen LogP contribution in [0.5, 0.6) is 0 Å². The Hall–Kier alpha value is -1.77. The summed E-state index contributed by atoms with van der Waals surface area (Å²) >= 11 is 1.30. The molecule has 0 aliphatic rings. The number of rotatable bonds is 51. The Morgan fingerprint density at radius 2 is 0.714 bits per heavy atom. The molecule has 0 aromatic heterocycles. The smallest absolute Gasteiger partial charge is 0.327 e. The van der Waals surface area contributed by atoms with Crippen molar-refractivity contribution in [2.45, 2.75) is 303 Å². The molecule has 63 heavy (non-hydrogen) atoms. The highest BCUT2D eigenvalue weighted by molar-refractivity contribution is 7.99. The first kappa shape index (κ1) is 61.2. The summed E-state index contributed by atoms with van der Waals surface area (Å²) in [4.78, 5) is 50.3. The fraction of sp³-hybridized carbons (Fsp3) is 0.926. The standard InChI is InChI=1S/C54H103NO7S/c1-4-7-10-13-16-19-22-25-28-31-34-37-40-43-51(56)55-50(54(59)60)48-63-47-49(62-53(58)45-42-39-36-33-30-27-24-21-18-15-12-9-6-3)46-61-52(57)44-41-38-35-32-29-26-23-20-17-14-11-8-5-2/h49-50H,4-48H2,1-3H3,(H,55,56)(H,59,60)/t49-,50-/m0/s1. The van der Waals surface area contributed by atoms with Crippen LogP contribution < -0.4 is 5.32 Å². The quantitative estimate of drug-likeness (QED) is 0.0457. The lowest BCUT2D eigenvalue weighted by Gasteiger charge is -2.19. The second kappa shape index (κ2) is 49.7. The van der Waals surface area contributed by atoms with Crippen LogP contribution in [0.15, 0.2) is 0 Å². The number of carbonyl (C=O) groups excluding carboxylic acids is 3. The molecule has 9 heteroatoms. The zero-order valence-electron chi connectivity index (χ0n) is 41.8. The van der Waals surface area contributed by atoms with Gasteiger partial charge in [0, 0.05) is 30.8 Å². The summed E-state index contributed by atoms with van der Waals surface area (Å²) in [6, 6.07) is -1.04. The molecule has 8 nitrogen and oxygen atoms in total. The Balaban J connectivity index is 4.59. The average Bonchev–Trinajstić information content (AvgIpc) is 3.27. The predicted molar refractivity (Wildman–Crippen MR) is 269 cm³/mol. The Labute approximate surface area is 393 Å². The van der Waals surface area contributed by atoms with Gasteiger partial charge in [0.2, 0.25) is 5.91 Å². The second-order valence-electron chi connectivity index (χ2n) is 18.8. The zero-order chi connectivity index (χ0) is 46.1. The summed E-state index contributed by atoms with van der Waals surface area (Å²) in [5, 5.41) is 12.6. The number of thioether (sulfide) groups is 1. The normalized spacial score (nSPS) is 12.3. The molecule has 0 radical (unpaired) electrons.